The zero-order valence-corrected chi connectivity index (χ0v) is 11.4. The van der Waals surface area contributed by atoms with Gasteiger partial charge in [-0.3, -0.25) is 9.11 Å². The SMILES string of the molecule is CC12CC3CC(C)(C1)CC(N)(C3)C2.O=S(O)O.[NaH]. The van der Waals surface area contributed by atoms with Crippen LogP contribution in [0, 0.1) is 16.7 Å². The number of hydrogen-bond acceptors (Lipinski definition) is 2. The summed E-state index contributed by atoms with van der Waals surface area (Å²) >= 11 is -2.61. The second-order valence-corrected chi connectivity index (χ2v) is 7.68. The van der Waals surface area contributed by atoms with E-state index in [9.17, 15) is 0 Å². The molecule has 0 aliphatic heterocycles. The van der Waals surface area contributed by atoms with Crippen molar-refractivity contribution in [3.05, 3.63) is 0 Å². The maximum atomic E-state index is 8.67. The van der Waals surface area contributed by atoms with Crippen LogP contribution >= 0.6 is 0 Å². The standard InChI is InChI=1S/C12H21N.Na.H2O3S.H/c1-10-3-9-4-11(2,6-10)8-12(13,5-9)7-10;;1-4(2)3;/h9H,3-8,13H2,1-2H3;;(H2,1,2,3);. The normalized spacial score (nSPS) is 48.4. The van der Waals surface area contributed by atoms with E-state index in [1.165, 1.54) is 38.5 Å². The first-order valence-electron chi connectivity index (χ1n) is 6.23. The van der Waals surface area contributed by atoms with Crippen LogP contribution in [0.25, 0.3) is 0 Å². The van der Waals surface area contributed by atoms with Crippen molar-refractivity contribution < 1.29 is 13.3 Å². The zero-order valence-electron chi connectivity index (χ0n) is 10.6. The molecule has 0 amide bonds. The van der Waals surface area contributed by atoms with Crippen molar-refractivity contribution in [3.63, 3.8) is 0 Å². The van der Waals surface area contributed by atoms with Crippen LogP contribution in [-0.2, 0) is 11.4 Å². The molecule has 4 aliphatic rings. The molecule has 4 saturated carbocycles. The van der Waals surface area contributed by atoms with Crippen molar-refractivity contribution in [2.75, 3.05) is 0 Å². The molecule has 4 bridgehead atoms. The molecule has 0 aromatic carbocycles. The van der Waals surface area contributed by atoms with Crippen molar-refractivity contribution in [1.82, 2.24) is 0 Å². The fourth-order valence-electron chi connectivity index (χ4n) is 5.54. The molecule has 4 fully saturated rings. The summed E-state index contributed by atoms with van der Waals surface area (Å²) in [6.45, 7) is 4.94. The Kier molecular flexibility index (Phi) is 5.15. The van der Waals surface area contributed by atoms with Crippen LogP contribution in [0.2, 0.25) is 0 Å². The van der Waals surface area contributed by atoms with Gasteiger partial charge in [0.15, 0.2) is 0 Å². The second-order valence-electron chi connectivity index (χ2n) is 7.22. The molecule has 0 spiro atoms. The minimum atomic E-state index is -2.61. The average molecular weight is 285 g/mol. The van der Waals surface area contributed by atoms with Gasteiger partial charge in [0.25, 0.3) is 11.4 Å². The summed E-state index contributed by atoms with van der Waals surface area (Å²) in [6.07, 6.45) is 8.27. The third-order valence-electron chi connectivity index (χ3n) is 4.67. The molecule has 4 aliphatic carbocycles. The summed E-state index contributed by atoms with van der Waals surface area (Å²) in [6, 6.07) is 0. The average Bonchev–Trinajstić information content (AvgIpc) is 1.90. The minimum absolute atomic E-state index is 0. The first-order valence-corrected chi connectivity index (χ1v) is 7.29. The molecule has 18 heavy (non-hydrogen) atoms. The van der Waals surface area contributed by atoms with Gasteiger partial charge >= 0.3 is 29.6 Å². The van der Waals surface area contributed by atoms with E-state index >= 15 is 0 Å². The first-order chi connectivity index (χ1) is 7.64. The second kappa shape index (κ2) is 5.43. The van der Waals surface area contributed by atoms with Gasteiger partial charge in [0.1, 0.15) is 0 Å². The monoisotopic (exact) mass is 285 g/mol. The van der Waals surface area contributed by atoms with Crippen LogP contribution in [0.3, 0.4) is 0 Å². The molecule has 4 nitrogen and oxygen atoms in total. The van der Waals surface area contributed by atoms with Gasteiger partial charge in [0.05, 0.1) is 0 Å². The quantitative estimate of drug-likeness (QED) is 0.467. The molecule has 4 N–H and O–H groups in total. The third kappa shape index (κ3) is 3.78. The summed E-state index contributed by atoms with van der Waals surface area (Å²) in [5.41, 5.74) is 7.92. The van der Waals surface area contributed by atoms with Crippen molar-refractivity contribution in [2.24, 2.45) is 22.5 Å². The van der Waals surface area contributed by atoms with Gasteiger partial charge in [0, 0.05) is 5.54 Å². The Morgan fingerprint density at radius 3 is 1.72 bits per heavy atom. The summed E-state index contributed by atoms with van der Waals surface area (Å²) in [5, 5.41) is 0. The number of hydrogen-bond donors (Lipinski definition) is 3. The Morgan fingerprint density at radius 1 is 1.06 bits per heavy atom. The van der Waals surface area contributed by atoms with Crippen LogP contribution in [-0.4, -0.2) is 48.4 Å². The maximum absolute atomic E-state index is 8.67. The molecule has 2 unspecified atom stereocenters. The molecular formula is C12H24NNaO3S. The summed E-state index contributed by atoms with van der Waals surface area (Å²) in [5.74, 6) is 0.955. The van der Waals surface area contributed by atoms with Gasteiger partial charge in [-0.2, -0.15) is 4.21 Å². The van der Waals surface area contributed by atoms with E-state index in [1.807, 2.05) is 0 Å². The van der Waals surface area contributed by atoms with Gasteiger partial charge in [-0.25, -0.2) is 0 Å². The Hall–Kier alpha value is 1.03. The zero-order chi connectivity index (χ0) is 12.9. The molecule has 102 valence electrons. The molecule has 4 rings (SSSR count). The molecule has 6 heteroatoms. The van der Waals surface area contributed by atoms with Crippen molar-refractivity contribution in [2.45, 2.75) is 57.9 Å². The van der Waals surface area contributed by atoms with E-state index < -0.39 is 11.4 Å². The first kappa shape index (κ1) is 17.1. The van der Waals surface area contributed by atoms with Crippen molar-refractivity contribution >= 4 is 40.9 Å². The third-order valence-corrected chi connectivity index (χ3v) is 4.67. The van der Waals surface area contributed by atoms with Crippen molar-refractivity contribution in [3.8, 4) is 0 Å². The fraction of sp³-hybridized carbons (Fsp3) is 1.00. The topological polar surface area (TPSA) is 83.6 Å². The van der Waals surface area contributed by atoms with Crippen LogP contribution in [0.1, 0.15) is 52.4 Å². The Balaban J connectivity index is 0.000000289. The van der Waals surface area contributed by atoms with Crippen LogP contribution < -0.4 is 5.73 Å². The van der Waals surface area contributed by atoms with Gasteiger partial charge in [-0.1, -0.05) is 13.8 Å². The molecule has 0 saturated heterocycles. The molecule has 0 radical (unpaired) electrons. The fourth-order valence-corrected chi connectivity index (χ4v) is 5.54. The van der Waals surface area contributed by atoms with E-state index in [4.69, 9.17) is 19.0 Å². The van der Waals surface area contributed by atoms with Crippen LogP contribution in [0.4, 0.5) is 0 Å². The van der Waals surface area contributed by atoms with Crippen molar-refractivity contribution in [1.29, 1.82) is 0 Å². The van der Waals surface area contributed by atoms with Gasteiger partial charge in [-0.05, 0) is 55.3 Å². The molecule has 0 aromatic heterocycles. The van der Waals surface area contributed by atoms with Crippen LogP contribution in [0.5, 0.6) is 0 Å². The van der Waals surface area contributed by atoms with E-state index in [-0.39, 0.29) is 35.1 Å². The predicted molar refractivity (Wildman–Crippen MR) is 74.9 cm³/mol. The van der Waals surface area contributed by atoms with E-state index in [0.29, 0.717) is 10.8 Å². The molecule has 0 aromatic rings. The summed E-state index contributed by atoms with van der Waals surface area (Å²) < 4.78 is 22.8. The molecule has 2 atom stereocenters. The Bertz CT molecular complexity index is 297. The molecule has 0 heterocycles. The van der Waals surface area contributed by atoms with Crippen LogP contribution in [0.15, 0.2) is 0 Å². The predicted octanol–water partition coefficient (Wildman–Crippen LogP) is 1.73. The number of rotatable bonds is 0. The molecular weight excluding hydrogens is 261 g/mol. The van der Waals surface area contributed by atoms with E-state index in [2.05, 4.69) is 13.8 Å². The summed E-state index contributed by atoms with van der Waals surface area (Å²) in [4.78, 5) is 0. The van der Waals surface area contributed by atoms with Gasteiger partial charge in [0.2, 0.25) is 0 Å². The van der Waals surface area contributed by atoms with Gasteiger partial charge < -0.3 is 5.73 Å². The van der Waals surface area contributed by atoms with E-state index in [0.717, 1.165) is 5.92 Å². The number of nitrogens with two attached hydrogens (primary N) is 1. The van der Waals surface area contributed by atoms with Gasteiger partial charge in [-0.15, -0.1) is 0 Å². The Morgan fingerprint density at radius 2 is 1.44 bits per heavy atom. The Labute approximate surface area is 134 Å². The van der Waals surface area contributed by atoms with E-state index in [1.54, 1.807) is 0 Å². The summed E-state index contributed by atoms with van der Waals surface area (Å²) in [7, 11) is 0.